The highest BCUT2D eigenvalue weighted by Gasteiger charge is 2.33. The maximum absolute atomic E-state index is 12.8. The lowest BCUT2D eigenvalue weighted by atomic mass is 10.0. The molecule has 0 aromatic carbocycles. The van der Waals surface area contributed by atoms with E-state index in [0.29, 0.717) is 6.42 Å². The summed E-state index contributed by atoms with van der Waals surface area (Å²) in [6.45, 7) is 6.99. The molecule has 1 fully saturated rings. The Hall–Kier alpha value is -2.77. The Labute approximate surface area is 193 Å². The van der Waals surface area contributed by atoms with Gasteiger partial charge in [-0.2, -0.15) is 0 Å². The van der Waals surface area contributed by atoms with Gasteiger partial charge in [0, 0.05) is 12.6 Å². The molecule has 0 aromatic heterocycles. The van der Waals surface area contributed by atoms with E-state index in [9.17, 15) is 29.1 Å². The van der Waals surface area contributed by atoms with Gasteiger partial charge in [-0.05, 0) is 18.3 Å². The fourth-order valence-electron chi connectivity index (χ4n) is 3.28. The Balaban J connectivity index is 3.28. The summed E-state index contributed by atoms with van der Waals surface area (Å²) in [4.78, 5) is 62.1. The summed E-state index contributed by atoms with van der Waals surface area (Å²) in [7, 11) is 0. The average Bonchev–Trinajstić information content (AvgIpc) is 2.71. The van der Waals surface area contributed by atoms with Crippen LogP contribution in [0.4, 0.5) is 4.79 Å². The SMILES string of the molecule is CC(C)CC1NCC(C(C)C)NC(=O)N[C@@H](CC(N)=O)C(=O)N[C@@H](CO)C(=O)C(N)NC1=O. The van der Waals surface area contributed by atoms with Gasteiger partial charge in [0.1, 0.15) is 18.2 Å². The van der Waals surface area contributed by atoms with Gasteiger partial charge < -0.3 is 43.2 Å². The van der Waals surface area contributed by atoms with E-state index < -0.39 is 72.9 Å². The second-order valence-electron chi connectivity index (χ2n) is 8.91. The van der Waals surface area contributed by atoms with Crippen LogP contribution in [-0.2, 0) is 19.2 Å². The molecule has 3 unspecified atom stereocenters. The molecular weight excluding hydrogens is 434 g/mol. The van der Waals surface area contributed by atoms with Crippen molar-refractivity contribution >= 4 is 29.5 Å². The molecule has 1 rings (SSSR count). The predicted octanol–water partition coefficient (Wildman–Crippen LogP) is -2.98. The average molecular weight is 472 g/mol. The summed E-state index contributed by atoms with van der Waals surface area (Å²) in [6, 6.07) is -4.74. The van der Waals surface area contributed by atoms with E-state index in [1.165, 1.54) is 0 Å². The van der Waals surface area contributed by atoms with Crippen molar-refractivity contribution in [1.29, 1.82) is 0 Å². The first-order valence-corrected chi connectivity index (χ1v) is 10.9. The Morgan fingerprint density at radius 3 is 2.09 bits per heavy atom. The van der Waals surface area contributed by atoms with Crippen molar-refractivity contribution < 1.29 is 29.1 Å². The molecule has 0 aromatic rings. The number of hydrogen-bond donors (Lipinski definition) is 8. The molecule has 0 saturated carbocycles. The molecule has 1 aliphatic heterocycles. The largest absolute Gasteiger partial charge is 0.394 e. The number of amides is 5. The van der Waals surface area contributed by atoms with Gasteiger partial charge in [0.25, 0.3) is 0 Å². The minimum Gasteiger partial charge on any atom is -0.394 e. The van der Waals surface area contributed by atoms with Gasteiger partial charge in [-0.1, -0.05) is 27.7 Å². The summed E-state index contributed by atoms with van der Waals surface area (Å²) in [6.07, 6.45) is -1.60. The van der Waals surface area contributed by atoms with E-state index in [1.54, 1.807) is 0 Å². The van der Waals surface area contributed by atoms with Crippen LogP contribution < -0.4 is 38.1 Å². The van der Waals surface area contributed by atoms with Gasteiger partial charge >= 0.3 is 6.03 Å². The van der Waals surface area contributed by atoms with E-state index in [-0.39, 0.29) is 18.4 Å². The van der Waals surface area contributed by atoms with Crippen LogP contribution in [0.1, 0.15) is 40.5 Å². The monoisotopic (exact) mass is 471 g/mol. The number of nitrogens with two attached hydrogens (primary N) is 2. The number of aliphatic hydroxyl groups excluding tert-OH is 1. The van der Waals surface area contributed by atoms with Crippen molar-refractivity contribution in [2.75, 3.05) is 13.2 Å². The van der Waals surface area contributed by atoms with Crippen LogP contribution in [0, 0.1) is 11.8 Å². The summed E-state index contributed by atoms with van der Waals surface area (Å²) < 4.78 is 0. The molecule has 5 amide bonds. The van der Waals surface area contributed by atoms with Crippen LogP contribution in [0.15, 0.2) is 0 Å². The standard InChI is InChI=1S/C20H37N7O6/c1-9(2)5-11-18(31)27-17(22)16(30)14(8-28)24-19(32)12(6-15(21)29)25-20(33)26-13(7-23-11)10(3)4/h9-14,17,23,28H,5-8,22H2,1-4H3,(H2,21,29)(H,24,32)(H,27,31)(H2,25,26,33)/t11?,12-,13?,14-,17?/m0/s1. The van der Waals surface area contributed by atoms with E-state index in [2.05, 4.69) is 26.6 Å². The second kappa shape index (κ2) is 13.1. The maximum atomic E-state index is 12.8. The van der Waals surface area contributed by atoms with Crippen LogP contribution in [-0.4, -0.2) is 78.1 Å². The van der Waals surface area contributed by atoms with Gasteiger partial charge in [-0.3, -0.25) is 19.2 Å². The quantitative estimate of drug-likeness (QED) is 0.199. The first-order valence-electron chi connectivity index (χ1n) is 10.9. The number of ketones is 1. The number of rotatable bonds is 6. The normalized spacial score (nSPS) is 28.3. The number of carbonyl (C=O) groups excluding carboxylic acids is 5. The highest BCUT2D eigenvalue weighted by Crippen LogP contribution is 2.08. The number of nitrogens with one attached hydrogen (secondary N) is 5. The van der Waals surface area contributed by atoms with Crippen molar-refractivity contribution in [3.63, 3.8) is 0 Å². The number of aliphatic hydroxyl groups is 1. The molecule has 188 valence electrons. The topological polar surface area (TPSA) is 218 Å². The fourth-order valence-corrected chi connectivity index (χ4v) is 3.28. The minimum atomic E-state index is -1.50. The molecule has 0 bridgehead atoms. The molecular formula is C20H37N7O6. The number of Topliss-reactive ketones (excluding diaryl/α,β-unsaturated/α-hetero) is 1. The molecule has 13 heteroatoms. The third-order valence-corrected chi connectivity index (χ3v) is 5.20. The zero-order chi connectivity index (χ0) is 25.3. The van der Waals surface area contributed by atoms with Gasteiger partial charge in [0.05, 0.1) is 19.1 Å². The molecule has 1 heterocycles. The van der Waals surface area contributed by atoms with Crippen LogP contribution in [0.5, 0.6) is 0 Å². The van der Waals surface area contributed by atoms with Gasteiger partial charge in [-0.15, -0.1) is 0 Å². The Bertz CT molecular complexity index is 730. The number of primary amides is 1. The predicted molar refractivity (Wildman–Crippen MR) is 119 cm³/mol. The van der Waals surface area contributed by atoms with E-state index in [1.807, 2.05) is 27.7 Å². The Morgan fingerprint density at radius 2 is 1.58 bits per heavy atom. The van der Waals surface area contributed by atoms with Crippen LogP contribution in [0.3, 0.4) is 0 Å². The highest BCUT2D eigenvalue weighted by molar-refractivity contribution is 5.98. The summed E-state index contributed by atoms with van der Waals surface area (Å²) >= 11 is 0. The first-order chi connectivity index (χ1) is 15.3. The first kappa shape index (κ1) is 28.3. The van der Waals surface area contributed by atoms with E-state index >= 15 is 0 Å². The summed E-state index contributed by atoms with van der Waals surface area (Å²) in [5, 5.41) is 22.5. The lowest BCUT2D eigenvalue weighted by molar-refractivity contribution is -0.133. The van der Waals surface area contributed by atoms with Crippen LogP contribution >= 0.6 is 0 Å². The molecule has 1 aliphatic rings. The molecule has 0 spiro atoms. The van der Waals surface area contributed by atoms with Gasteiger partial charge in [-0.25, -0.2) is 4.79 Å². The zero-order valence-corrected chi connectivity index (χ0v) is 19.5. The van der Waals surface area contributed by atoms with E-state index in [0.717, 1.165) is 0 Å². The molecule has 1 saturated heterocycles. The third kappa shape index (κ3) is 9.32. The molecule has 13 nitrogen and oxygen atoms in total. The Kier molecular flexibility index (Phi) is 11.2. The number of carbonyl (C=O) groups is 5. The molecule has 33 heavy (non-hydrogen) atoms. The minimum absolute atomic E-state index is 0.0484. The van der Waals surface area contributed by atoms with E-state index in [4.69, 9.17) is 11.5 Å². The molecule has 10 N–H and O–H groups in total. The highest BCUT2D eigenvalue weighted by atomic mass is 16.3. The van der Waals surface area contributed by atoms with Crippen LogP contribution in [0.2, 0.25) is 0 Å². The molecule has 0 radical (unpaired) electrons. The number of urea groups is 1. The summed E-state index contributed by atoms with van der Waals surface area (Å²) in [5.74, 6) is -3.06. The molecule has 5 atom stereocenters. The van der Waals surface area contributed by atoms with Crippen molar-refractivity contribution in [3.8, 4) is 0 Å². The fraction of sp³-hybridized carbons (Fsp3) is 0.750. The zero-order valence-electron chi connectivity index (χ0n) is 19.5. The Morgan fingerprint density at radius 1 is 0.970 bits per heavy atom. The smallest absolute Gasteiger partial charge is 0.315 e. The van der Waals surface area contributed by atoms with Crippen molar-refractivity contribution in [2.24, 2.45) is 23.3 Å². The second-order valence-corrected chi connectivity index (χ2v) is 8.91. The van der Waals surface area contributed by atoms with Crippen LogP contribution in [0.25, 0.3) is 0 Å². The van der Waals surface area contributed by atoms with Crippen molar-refractivity contribution in [2.45, 2.75) is 70.9 Å². The maximum Gasteiger partial charge on any atom is 0.315 e. The van der Waals surface area contributed by atoms with Crippen molar-refractivity contribution in [1.82, 2.24) is 26.6 Å². The van der Waals surface area contributed by atoms with Crippen molar-refractivity contribution in [3.05, 3.63) is 0 Å². The third-order valence-electron chi connectivity index (χ3n) is 5.20. The molecule has 0 aliphatic carbocycles. The lowest BCUT2D eigenvalue weighted by Crippen LogP contribution is -2.61. The summed E-state index contributed by atoms with van der Waals surface area (Å²) in [5.41, 5.74) is 11.0. The van der Waals surface area contributed by atoms with Gasteiger partial charge in [0.2, 0.25) is 17.7 Å². The number of hydrogen-bond acceptors (Lipinski definition) is 8. The van der Waals surface area contributed by atoms with Gasteiger partial charge in [0.15, 0.2) is 5.78 Å². The lowest BCUT2D eigenvalue weighted by Gasteiger charge is -2.27.